The van der Waals surface area contributed by atoms with Gasteiger partial charge in [0.1, 0.15) is 18.0 Å². The summed E-state index contributed by atoms with van der Waals surface area (Å²) < 4.78 is 41.0. The number of esters is 1. The molecule has 9 nitrogen and oxygen atoms in total. The van der Waals surface area contributed by atoms with Crippen LogP contribution in [0.1, 0.15) is 12.8 Å². The van der Waals surface area contributed by atoms with Crippen LogP contribution in [0, 0.1) is 5.92 Å². The number of hydrogen-bond donors (Lipinski definition) is 0. The molecule has 1 fully saturated rings. The van der Waals surface area contributed by atoms with Crippen molar-refractivity contribution in [1.29, 1.82) is 0 Å². The number of rotatable bonds is 7. The molecule has 0 atom stereocenters. The molecule has 1 saturated heterocycles. The van der Waals surface area contributed by atoms with Crippen molar-refractivity contribution in [2.45, 2.75) is 12.8 Å². The fourth-order valence-corrected chi connectivity index (χ4v) is 3.97. The SMILES string of the molecule is COC(=O)C1CCN(C(=O)CN(c2cc(OC)ccc2OC)S(C)(=O)=O)CC1. The number of anilines is 1. The number of ether oxygens (including phenoxy) is 3. The third-order valence-electron chi connectivity index (χ3n) is 4.72. The standard InChI is InChI=1S/C18H26N2O7S/c1-25-14-5-6-16(26-2)15(11-14)20(28(4,23)24)12-17(21)19-9-7-13(8-10-19)18(22)27-3/h5-6,11,13H,7-10,12H2,1-4H3. The van der Waals surface area contributed by atoms with Crippen LogP contribution < -0.4 is 13.8 Å². The second kappa shape index (κ2) is 9.13. The minimum Gasteiger partial charge on any atom is -0.497 e. The molecule has 1 aliphatic heterocycles. The Hall–Kier alpha value is -2.49. The minimum absolute atomic E-state index is 0.224. The topological polar surface area (TPSA) is 102 Å². The summed E-state index contributed by atoms with van der Waals surface area (Å²) in [6.45, 7) is 0.363. The number of sulfonamides is 1. The average Bonchev–Trinajstić information content (AvgIpc) is 2.69. The lowest BCUT2D eigenvalue weighted by atomic mass is 9.97. The number of carbonyl (C=O) groups is 2. The molecule has 1 aliphatic rings. The summed E-state index contributed by atoms with van der Waals surface area (Å²) in [5.74, 6) is -0.123. The van der Waals surface area contributed by atoms with Crippen molar-refractivity contribution < 1.29 is 32.2 Å². The van der Waals surface area contributed by atoms with Crippen LogP contribution >= 0.6 is 0 Å². The molecule has 0 aliphatic carbocycles. The predicted molar refractivity (Wildman–Crippen MR) is 103 cm³/mol. The van der Waals surface area contributed by atoms with E-state index in [1.165, 1.54) is 27.4 Å². The zero-order valence-electron chi connectivity index (χ0n) is 16.5. The van der Waals surface area contributed by atoms with Crippen molar-refractivity contribution in [2.24, 2.45) is 5.92 Å². The van der Waals surface area contributed by atoms with E-state index in [9.17, 15) is 18.0 Å². The number of benzene rings is 1. The Morgan fingerprint density at radius 2 is 1.79 bits per heavy atom. The van der Waals surface area contributed by atoms with Gasteiger partial charge in [0.25, 0.3) is 0 Å². The number of piperidine rings is 1. The first kappa shape index (κ1) is 21.8. The number of hydrogen-bond acceptors (Lipinski definition) is 7. The molecule has 0 aromatic heterocycles. The van der Waals surface area contributed by atoms with Crippen LogP contribution in [0.2, 0.25) is 0 Å². The van der Waals surface area contributed by atoms with Gasteiger partial charge in [0.2, 0.25) is 15.9 Å². The van der Waals surface area contributed by atoms with E-state index in [1.807, 2.05) is 0 Å². The first-order valence-corrected chi connectivity index (χ1v) is 10.6. The molecule has 0 N–H and O–H groups in total. The normalized spacial score (nSPS) is 15.1. The maximum Gasteiger partial charge on any atom is 0.308 e. The third kappa shape index (κ3) is 5.06. The Morgan fingerprint density at radius 3 is 2.29 bits per heavy atom. The quantitative estimate of drug-likeness (QED) is 0.610. The van der Waals surface area contributed by atoms with E-state index in [4.69, 9.17) is 14.2 Å². The smallest absolute Gasteiger partial charge is 0.308 e. The Bertz CT molecular complexity index is 817. The first-order chi connectivity index (χ1) is 13.2. The Balaban J connectivity index is 2.20. The van der Waals surface area contributed by atoms with Gasteiger partial charge < -0.3 is 19.1 Å². The lowest BCUT2D eigenvalue weighted by Gasteiger charge is -2.33. The van der Waals surface area contributed by atoms with Gasteiger partial charge in [-0.3, -0.25) is 13.9 Å². The number of amides is 1. The van der Waals surface area contributed by atoms with Crippen molar-refractivity contribution in [1.82, 2.24) is 4.90 Å². The van der Waals surface area contributed by atoms with E-state index in [-0.39, 0.29) is 30.0 Å². The van der Waals surface area contributed by atoms with Crippen LogP contribution in [-0.4, -0.2) is 72.4 Å². The Kier molecular flexibility index (Phi) is 7.11. The van der Waals surface area contributed by atoms with Gasteiger partial charge in [0.15, 0.2) is 0 Å². The summed E-state index contributed by atoms with van der Waals surface area (Å²) in [6, 6.07) is 4.73. The number of carbonyl (C=O) groups excluding carboxylic acids is 2. The molecule has 0 saturated carbocycles. The van der Waals surface area contributed by atoms with Gasteiger partial charge in [0, 0.05) is 19.2 Å². The molecule has 1 aromatic rings. The molecular formula is C18H26N2O7S. The van der Waals surface area contributed by atoms with Crippen LogP contribution in [0.15, 0.2) is 18.2 Å². The highest BCUT2D eigenvalue weighted by Crippen LogP contribution is 2.34. The van der Waals surface area contributed by atoms with Gasteiger partial charge in [-0.15, -0.1) is 0 Å². The number of methoxy groups -OCH3 is 3. The molecule has 2 rings (SSSR count). The van der Waals surface area contributed by atoms with Gasteiger partial charge in [0.05, 0.1) is 39.2 Å². The maximum atomic E-state index is 12.8. The van der Waals surface area contributed by atoms with Crippen LogP contribution in [0.3, 0.4) is 0 Å². The fraction of sp³-hybridized carbons (Fsp3) is 0.556. The van der Waals surface area contributed by atoms with Crippen molar-refractivity contribution in [3.63, 3.8) is 0 Å². The van der Waals surface area contributed by atoms with E-state index < -0.39 is 10.0 Å². The zero-order valence-corrected chi connectivity index (χ0v) is 17.3. The summed E-state index contributed by atoms with van der Waals surface area (Å²) in [5.41, 5.74) is 0.224. The number of nitrogens with zero attached hydrogens (tertiary/aromatic N) is 2. The monoisotopic (exact) mass is 414 g/mol. The predicted octanol–water partition coefficient (Wildman–Crippen LogP) is 0.881. The molecule has 1 heterocycles. The second-order valence-corrected chi connectivity index (χ2v) is 8.39. The summed E-state index contributed by atoms with van der Waals surface area (Å²) in [7, 11) is 0.464. The second-order valence-electron chi connectivity index (χ2n) is 6.49. The van der Waals surface area contributed by atoms with Crippen molar-refractivity contribution in [2.75, 3.05) is 51.5 Å². The summed E-state index contributed by atoms with van der Waals surface area (Å²) in [5, 5.41) is 0. The Labute approximate surface area is 165 Å². The zero-order chi connectivity index (χ0) is 20.9. The van der Waals surface area contributed by atoms with Crippen molar-refractivity contribution >= 4 is 27.6 Å². The molecular weight excluding hydrogens is 388 g/mol. The van der Waals surface area contributed by atoms with E-state index >= 15 is 0 Å². The molecule has 0 spiro atoms. The largest absolute Gasteiger partial charge is 0.497 e. The van der Waals surface area contributed by atoms with Crippen LogP contribution in [-0.2, 0) is 24.3 Å². The van der Waals surface area contributed by atoms with Crippen LogP contribution in [0.5, 0.6) is 11.5 Å². The molecule has 156 valence electrons. The molecule has 10 heteroatoms. The average molecular weight is 414 g/mol. The Morgan fingerprint density at radius 1 is 1.14 bits per heavy atom. The lowest BCUT2D eigenvalue weighted by molar-refractivity contribution is -0.148. The van der Waals surface area contributed by atoms with E-state index in [1.54, 1.807) is 17.0 Å². The lowest BCUT2D eigenvalue weighted by Crippen LogP contribution is -2.46. The van der Waals surface area contributed by atoms with Crippen LogP contribution in [0.25, 0.3) is 0 Å². The van der Waals surface area contributed by atoms with E-state index in [2.05, 4.69) is 0 Å². The summed E-state index contributed by atoms with van der Waals surface area (Å²) >= 11 is 0. The maximum absolute atomic E-state index is 12.8. The van der Waals surface area contributed by atoms with Gasteiger partial charge in [-0.1, -0.05) is 0 Å². The van der Waals surface area contributed by atoms with Gasteiger partial charge >= 0.3 is 5.97 Å². The first-order valence-electron chi connectivity index (χ1n) is 8.76. The van der Waals surface area contributed by atoms with E-state index in [0.717, 1.165) is 10.6 Å². The molecule has 0 radical (unpaired) electrons. The molecule has 0 bridgehead atoms. The highest BCUT2D eigenvalue weighted by Gasteiger charge is 2.31. The summed E-state index contributed by atoms with van der Waals surface area (Å²) in [4.78, 5) is 25.9. The van der Waals surface area contributed by atoms with Gasteiger partial charge in [-0.2, -0.15) is 0 Å². The molecule has 1 amide bonds. The number of likely N-dealkylation sites (tertiary alicyclic amines) is 1. The molecule has 0 unspecified atom stereocenters. The third-order valence-corrected chi connectivity index (χ3v) is 5.84. The molecule has 1 aromatic carbocycles. The highest BCUT2D eigenvalue weighted by atomic mass is 32.2. The van der Waals surface area contributed by atoms with Gasteiger partial charge in [-0.25, -0.2) is 8.42 Å². The highest BCUT2D eigenvalue weighted by molar-refractivity contribution is 7.92. The van der Waals surface area contributed by atoms with Gasteiger partial charge in [-0.05, 0) is 25.0 Å². The van der Waals surface area contributed by atoms with E-state index in [0.29, 0.717) is 37.4 Å². The minimum atomic E-state index is -3.76. The molecule has 28 heavy (non-hydrogen) atoms. The van der Waals surface area contributed by atoms with Crippen molar-refractivity contribution in [3.8, 4) is 11.5 Å². The van der Waals surface area contributed by atoms with Crippen LogP contribution in [0.4, 0.5) is 5.69 Å². The van der Waals surface area contributed by atoms with Crippen molar-refractivity contribution in [3.05, 3.63) is 18.2 Å². The fourth-order valence-electron chi connectivity index (χ4n) is 3.13. The summed E-state index contributed by atoms with van der Waals surface area (Å²) in [6.07, 6.45) is 2.00.